The predicted octanol–water partition coefficient (Wildman–Crippen LogP) is 4.56. The van der Waals surface area contributed by atoms with Crippen LogP contribution in [0.3, 0.4) is 0 Å². The van der Waals surface area contributed by atoms with Crippen molar-refractivity contribution in [2.45, 2.75) is 82.0 Å². The first-order chi connectivity index (χ1) is 13.5. The summed E-state index contributed by atoms with van der Waals surface area (Å²) in [4.78, 5) is 0. The van der Waals surface area contributed by atoms with Gasteiger partial charge in [-0.15, -0.1) is 0 Å². The highest BCUT2D eigenvalue weighted by Crippen LogP contribution is 2.60. The van der Waals surface area contributed by atoms with Gasteiger partial charge in [0.25, 0.3) is 0 Å². The smallest absolute Gasteiger partial charge is 0.118 e. The average molecular weight is 395 g/mol. The van der Waals surface area contributed by atoms with E-state index in [1.165, 1.54) is 11.1 Å². The molecule has 2 aliphatic carbocycles. The molecule has 0 bridgehead atoms. The lowest BCUT2D eigenvalue weighted by atomic mass is 9.48. The van der Waals surface area contributed by atoms with E-state index in [0.29, 0.717) is 18.8 Å². The fourth-order valence-corrected chi connectivity index (χ4v) is 6.11. The number of rotatable bonds is 3. The molecule has 0 saturated heterocycles. The summed E-state index contributed by atoms with van der Waals surface area (Å²) in [6.45, 7) is 7.64. The van der Waals surface area contributed by atoms with Crippen LogP contribution >= 0.6 is 0 Å². The Kier molecular flexibility index (Phi) is 4.73. The number of hydrogen-bond donors (Lipinski definition) is 3. The van der Waals surface area contributed by atoms with Crippen molar-refractivity contribution in [1.82, 2.24) is 0 Å². The maximum Gasteiger partial charge on any atom is 0.118 e. The molecule has 0 spiro atoms. The summed E-state index contributed by atoms with van der Waals surface area (Å²) in [7, 11) is 0. The Labute approximate surface area is 174 Å². The lowest BCUT2D eigenvalue weighted by molar-refractivity contribution is -0.205. The second-order valence-electron chi connectivity index (χ2n) is 10.1. The van der Waals surface area contributed by atoms with E-state index in [1.54, 1.807) is 6.92 Å². The van der Waals surface area contributed by atoms with Crippen LogP contribution in [-0.4, -0.2) is 20.9 Å². The lowest BCUT2D eigenvalue weighted by Gasteiger charge is -2.59. The third-order valence-electron chi connectivity index (χ3n) is 7.87. The van der Waals surface area contributed by atoms with Crippen LogP contribution in [-0.2, 0) is 23.0 Å². The predicted molar refractivity (Wildman–Crippen MR) is 116 cm³/mol. The van der Waals surface area contributed by atoms with Crippen LogP contribution in [0.25, 0.3) is 0 Å². The summed E-state index contributed by atoms with van der Waals surface area (Å²) in [6.07, 6.45) is 3.94. The zero-order valence-electron chi connectivity index (χ0n) is 18.1. The summed E-state index contributed by atoms with van der Waals surface area (Å²) in [5.41, 5.74) is 0.810. The fourth-order valence-electron chi connectivity index (χ4n) is 6.11. The number of fused-ring (bicyclic) bond motifs is 3. The molecule has 0 aromatic heterocycles. The van der Waals surface area contributed by atoms with E-state index < -0.39 is 16.8 Å². The summed E-state index contributed by atoms with van der Waals surface area (Å²) in [5.74, 6) is 0.304. The van der Waals surface area contributed by atoms with Crippen molar-refractivity contribution in [2.24, 2.45) is 5.92 Å². The van der Waals surface area contributed by atoms with Gasteiger partial charge in [0.1, 0.15) is 5.60 Å². The molecule has 4 rings (SSSR count). The molecule has 2 aromatic carbocycles. The van der Waals surface area contributed by atoms with Gasteiger partial charge in [-0.25, -0.2) is 0 Å². The van der Waals surface area contributed by atoms with E-state index in [-0.39, 0.29) is 5.41 Å². The molecule has 3 heteroatoms. The van der Waals surface area contributed by atoms with Crippen molar-refractivity contribution in [2.75, 3.05) is 0 Å². The molecule has 0 radical (unpaired) electrons. The van der Waals surface area contributed by atoms with Crippen LogP contribution in [0, 0.1) is 5.92 Å². The number of aryl methyl sites for hydroxylation is 1. The summed E-state index contributed by atoms with van der Waals surface area (Å²) in [5, 5.41) is 33.8. The Morgan fingerprint density at radius 3 is 2.38 bits per heavy atom. The second-order valence-corrected chi connectivity index (χ2v) is 10.1. The molecule has 3 N–H and O–H groups in total. The molecule has 1 fully saturated rings. The molecule has 3 nitrogen and oxygen atoms in total. The largest absolute Gasteiger partial charge is 0.387 e. The number of benzene rings is 2. The monoisotopic (exact) mass is 394 g/mol. The Bertz CT molecular complexity index is 896. The van der Waals surface area contributed by atoms with Gasteiger partial charge >= 0.3 is 0 Å². The van der Waals surface area contributed by atoms with Crippen LogP contribution in [0.15, 0.2) is 48.5 Å². The third kappa shape index (κ3) is 3.06. The molecule has 4 atom stereocenters. The Morgan fingerprint density at radius 1 is 1.07 bits per heavy atom. The van der Waals surface area contributed by atoms with E-state index >= 15 is 0 Å². The fraction of sp³-hybridized carbons (Fsp3) is 0.538. The molecule has 2 aromatic rings. The minimum atomic E-state index is -1.25. The molecule has 3 unspecified atom stereocenters. The number of aliphatic hydroxyl groups is 3. The van der Waals surface area contributed by atoms with Gasteiger partial charge in [-0.2, -0.15) is 0 Å². The standard InChI is InChI=1S/C26H34O3/c1-5-25-17-24(4,28)26(29,19-9-7-6-8-10-19)16-21(25)12-11-18-15-20(23(2,3)27)13-14-22(18)25/h6-10,13-15,21,27-29H,5,11-12,16-17H2,1-4H3/t21-,24?,25?,26?/m1/s1. The molecule has 156 valence electrons. The van der Waals surface area contributed by atoms with E-state index in [2.05, 4.69) is 19.1 Å². The van der Waals surface area contributed by atoms with Crippen LogP contribution in [0.2, 0.25) is 0 Å². The van der Waals surface area contributed by atoms with Crippen LogP contribution in [0.5, 0.6) is 0 Å². The zero-order valence-corrected chi connectivity index (χ0v) is 18.1. The first kappa shape index (κ1) is 20.6. The SMILES string of the molecule is CCC12CC(C)(O)C(O)(c3ccccc3)C[C@H]1CCc1cc(C(C)(C)O)ccc12. The summed E-state index contributed by atoms with van der Waals surface area (Å²) >= 11 is 0. The van der Waals surface area contributed by atoms with Crippen molar-refractivity contribution in [3.8, 4) is 0 Å². The molecular formula is C26H34O3. The maximum absolute atomic E-state index is 11.7. The van der Waals surface area contributed by atoms with Crippen molar-refractivity contribution in [3.05, 3.63) is 70.8 Å². The molecule has 0 heterocycles. The van der Waals surface area contributed by atoms with E-state index in [1.807, 2.05) is 50.2 Å². The van der Waals surface area contributed by atoms with Gasteiger partial charge in [-0.3, -0.25) is 0 Å². The van der Waals surface area contributed by atoms with E-state index in [9.17, 15) is 15.3 Å². The zero-order chi connectivity index (χ0) is 21.1. The van der Waals surface area contributed by atoms with Gasteiger partial charge in [0.15, 0.2) is 0 Å². The molecular weight excluding hydrogens is 360 g/mol. The highest BCUT2D eigenvalue weighted by atomic mass is 16.4. The first-order valence-corrected chi connectivity index (χ1v) is 10.9. The van der Waals surface area contributed by atoms with Gasteiger partial charge < -0.3 is 15.3 Å². The Morgan fingerprint density at radius 2 is 1.76 bits per heavy atom. The molecule has 2 aliphatic rings. The third-order valence-corrected chi connectivity index (χ3v) is 7.87. The normalized spacial score (nSPS) is 34.4. The van der Waals surface area contributed by atoms with Crippen LogP contribution in [0.1, 0.15) is 75.6 Å². The Hall–Kier alpha value is -1.68. The average Bonchev–Trinajstić information content (AvgIpc) is 2.68. The Balaban J connectivity index is 1.80. The van der Waals surface area contributed by atoms with E-state index in [4.69, 9.17) is 0 Å². The number of hydrogen-bond acceptors (Lipinski definition) is 3. The lowest BCUT2D eigenvalue weighted by Crippen LogP contribution is -2.62. The molecule has 0 amide bonds. The summed E-state index contributed by atoms with van der Waals surface area (Å²) < 4.78 is 0. The summed E-state index contributed by atoms with van der Waals surface area (Å²) in [6, 6.07) is 16.0. The molecule has 29 heavy (non-hydrogen) atoms. The van der Waals surface area contributed by atoms with Crippen LogP contribution < -0.4 is 0 Å². The van der Waals surface area contributed by atoms with Crippen LogP contribution in [0.4, 0.5) is 0 Å². The van der Waals surface area contributed by atoms with Gasteiger partial charge in [-0.05, 0) is 81.0 Å². The van der Waals surface area contributed by atoms with Gasteiger partial charge in [-0.1, -0.05) is 55.5 Å². The topological polar surface area (TPSA) is 60.7 Å². The van der Waals surface area contributed by atoms with Gasteiger partial charge in [0, 0.05) is 5.41 Å². The quantitative estimate of drug-likeness (QED) is 0.715. The highest BCUT2D eigenvalue weighted by Gasteiger charge is 2.60. The van der Waals surface area contributed by atoms with Crippen molar-refractivity contribution in [3.63, 3.8) is 0 Å². The molecule has 1 saturated carbocycles. The molecule has 0 aliphatic heterocycles. The first-order valence-electron chi connectivity index (χ1n) is 10.9. The highest BCUT2D eigenvalue weighted by molar-refractivity contribution is 5.44. The minimum Gasteiger partial charge on any atom is -0.387 e. The van der Waals surface area contributed by atoms with E-state index in [0.717, 1.165) is 30.4 Å². The van der Waals surface area contributed by atoms with Crippen molar-refractivity contribution in [1.29, 1.82) is 0 Å². The maximum atomic E-state index is 11.7. The van der Waals surface area contributed by atoms with Gasteiger partial charge in [0.05, 0.1) is 11.2 Å². The van der Waals surface area contributed by atoms with Crippen molar-refractivity contribution >= 4 is 0 Å². The van der Waals surface area contributed by atoms with Crippen molar-refractivity contribution < 1.29 is 15.3 Å². The minimum absolute atomic E-state index is 0.157. The second kappa shape index (κ2) is 6.66. The van der Waals surface area contributed by atoms with Gasteiger partial charge in [0.2, 0.25) is 0 Å².